The molecule has 0 aliphatic carbocycles. The van der Waals surface area contributed by atoms with Crippen LogP contribution in [0.25, 0.3) is 0 Å². The fourth-order valence-electron chi connectivity index (χ4n) is 5.53. The van der Waals surface area contributed by atoms with Gasteiger partial charge in [-0.05, 0) is 54.5 Å². The van der Waals surface area contributed by atoms with Gasteiger partial charge in [0.2, 0.25) is 11.5 Å². The Labute approximate surface area is 250 Å². The summed E-state index contributed by atoms with van der Waals surface area (Å²) in [7, 11) is 0. The highest BCUT2D eigenvalue weighted by atomic mass is 19.4. The first-order chi connectivity index (χ1) is 20.9. The van der Waals surface area contributed by atoms with E-state index in [1.165, 1.54) is 11.1 Å². The van der Waals surface area contributed by atoms with Gasteiger partial charge in [0.15, 0.2) is 23.4 Å². The van der Waals surface area contributed by atoms with Crippen LogP contribution in [0.5, 0.6) is 0 Å². The number of oxazole rings is 1. The first-order valence-electron chi connectivity index (χ1n) is 14.4. The first-order valence-corrected chi connectivity index (χ1v) is 14.4. The van der Waals surface area contributed by atoms with Crippen LogP contribution in [0.4, 0.5) is 33.8 Å². The van der Waals surface area contributed by atoms with Crippen LogP contribution < -0.4 is 9.80 Å². The summed E-state index contributed by atoms with van der Waals surface area (Å²) in [6.07, 6.45) is -3.19. The molecule has 5 rings (SSSR count). The van der Waals surface area contributed by atoms with Crippen LogP contribution >= 0.6 is 0 Å². The minimum Gasteiger partial charge on any atom is -0.420 e. The fraction of sp³-hybridized carbons (Fsp3) is 0.467. The molecular formula is C30H32F5N5O4. The lowest BCUT2D eigenvalue weighted by atomic mass is 10.0. The summed E-state index contributed by atoms with van der Waals surface area (Å²) in [5, 5.41) is 10.4. The quantitative estimate of drug-likeness (QED) is 0.297. The van der Waals surface area contributed by atoms with Crippen LogP contribution in [0, 0.1) is 17.6 Å². The van der Waals surface area contributed by atoms with E-state index < -0.39 is 47.1 Å². The van der Waals surface area contributed by atoms with Crippen molar-refractivity contribution in [3.05, 3.63) is 70.7 Å². The zero-order valence-corrected chi connectivity index (χ0v) is 24.0. The number of carbonyl (C=O) groups excluding carboxylic acids is 2. The number of piperidine rings is 1. The van der Waals surface area contributed by atoms with E-state index in [4.69, 9.17) is 4.42 Å². The van der Waals surface area contributed by atoms with Gasteiger partial charge in [0.05, 0.1) is 0 Å². The molecule has 4 heterocycles. The number of halogens is 5. The number of carbonyl (C=O) groups is 2. The number of hydrogen-bond donors (Lipinski definition) is 1. The number of anilines is 2. The molecule has 0 saturated carbocycles. The maximum atomic E-state index is 13.8. The Balaban J connectivity index is 1.22. The van der Waals surface area contributed by atoms with Gasteiger partial charge in [-0.3, -0.25) is 9.59 Å². The molecule has 2 fully saturated rings. The summed E-state index contributed by atoms with van der Waals surface area (Å²) < 4.78 is 73.5. The molecule has 1 N–H and O–H groups in total. The Kier molecular flexibility index (Phi) is 9.18. The number of aliphatic hydroxyl groups excluding tert-OH is 1. The van der Waals surface area contributed by atoms with Gasteiger partial charge in [0.25, 0.3) is 11.9 Å². The number of ketones is 1. The molecule has 2 unspecified atom stereocenters. The van der Waals surface area contributed by atoms with Crippen molar-refractivity contribution in [2.45, 2.75) is 44.9 Å². The van der Waals surface area contributed by atoms with E-state index in [1.54, 1.807) is 17.0 Å². The van der Waals surface area contributed by atoms with Crippen molar-refractivity contribution in [3.63, 3.8) is 0 Å². The monoisotopic (exact) mass is 621 g/mol. The number of aliphatic hydroxyl groups is 1. The number of Topliss-reactive ketones (excluding diaryl/α,β-unsaturated/α-hetero) is 1. The molecule has 14 heteroatoms. The molecular weight excluding hydrogens is 589 g/mol. The predicted octanol–water partition coefficient (Wildman–Crippen LogP) is 4.80. The zero-order chi connectivity index (χ0) is 31.6. The minimum absolute atomic E-state index is 0.0493. The van der Waals surface area contributed by atoms with Crippen molar-refractivity contribution in [3.8, 4) is 0 Å². The highest BCUT2D eigenvalue weighted by Crippen LogP contribution is 2.35. The highest BCUT2D eigenvalue weighted by molar-refractivity contribution is 5.96. The number of aromatic nitrogens is 2. The van der Waals surface area contributed by atoms with Crippen LogP contribution in [0.15, 0.2) is 40.9 Å². The van der Waals surface area contributed by atoms with E-state index in [9.17, 15) is 36.6 Å². The average molecular weight is 622 g/mol. The summed E-state index contributed by atoms with van der Waals surface area (Å²) in [4.78, 5) is 38.8. The summed E-state index contributed by atoms with van der Waals surface area (Å²) in [5.41, 5.74) is -0.997. The molecule has 0 bridgehead atoms. The number of benzene rings is 1. The molecule has 2 aliphatic rings. The maximum Gasteiger partial charge on any atom is 0.437 e. The lowest BCUT2D eigenvalue weighted by Crippen LogP contribution is -2.38. The Bertz CT molecular complexity index is 1500. The predicted molar refractivity (Wildman–Crippen MR) is 149 cm³/mol. The number of hydrogen-bond acceptors (Lipinski definition) is 8. The van der Waals surface area contributed by atoms with Gasteiger partial charge >= 0.3 is 6.18 Å². The molecule has 2 saturated heterocycles. The highest BCUT2D eigenvalue weighted by Gasteiger charge is 2.42. The van der Waals surface area contributed by atoms with E-state index in [0.29, 0.717) is 50.5 Å². The van der Waals surface area contributed by atoms with Crippen LogP contribution in [0.2, 0.25) is 0 Å². The van der Waals surface area contributed by atoms with Gasteiger partial charge in [-0.2, -0.15) is 18.2 Å². The molecule has 2 aliphatic heterocycles. The standard InChI is InChI=1S/C30H32F5N5O4/c1-18-4-2-9-40(17-18)29-37-27(30(33,34)35)26(44-29)23(41)14-19-5-8-24(36-16-19)38-10-3-11-39(13-12-38)28(43)25(42)20-6-7-21(31)22(32)15-20/h5-8,15-16,18,25,42H,2-4,9-14,17H2,1H3. The molecule has 1 amide bonds. The molecule has 9 nitrogen and oxygen atoms in total. The van der Waals surface area contributed by atoms with Crippen LogP contribution in [-0.2, 0) is 17.4 Å². The summed E-state index contributed by atoms with van der Waals surface area (Å²) in [6, 6.07) is 5.83. The van der Waals surface area contributed by atoms with E-state index in [-0.39, 0.29) is 30.5 Å². The van der Waals surface area contributed by atoms with Gasteiger partial charge in [-0.25, -0.2) is 13.8 Å². The van der Waals surface area contributed by atoms with Gasteiger partial charge in [0, 0.05) is 51.9 Å². The smallest absolute Gasteiger partial charge is 0.420 e. The maximum absolute atomic E-state index is 13.8. The van der Waals surface area contributed by atoms with Crippen molar-refractivity contribution < 1.29 is 41.1 Å². The normalized spacial score (nSPS) is 18.7. The third kappa shape index (κ3) is 7.01. The summed E-state index contributed by atoms with van der Waals surface area (Å²) >= 11 is 0. The van der Waals surface area contributed by atoms with Crippen molar-refractivity contribution >= 4 is 23.5 Å². The lowest BCUT2D eigenvalue weighted by molar-refractivity contribution is -0.141. The molecule has 2 atom stereocenters. The van der Waals surface area contributed by atoms with Gasteiger partial charge in [-0.15, -0.1) is 0 Å². The summed E-state index contributed by atoms with van der Waals surface area (Å²) in [5.74, 6) is -3.76. The molecule has 0 spiro atoms. The number of alkyl halides is 3. The largest absolute Gasteiger partial charge is 0.437 e. The van der Waals surface area contributed by atoms with Gasteiger partial charge < -0.3 is 24.2 Å². The van der Waals surface area contributed by atoms with Crippen molar-refractivity contribution in [1.29, 1.82) is 0 Å². The minimum atomic E-state index is -4.86. The van der Waals surface area contributed by atoms with Crippen molar-refractivity contribution in [1.82, 2.24) is 14.9 Å². The van der Waals surface area contributed by atoms with E-state index in [0.717, 1.165) is 31.0 Å². The molecule has 236 valence electrons. The second-order valence-corrected chi connectivity index (χ2v) is 11.2. The third-order valence-electron chi connectivity index (χ3n) is 7.86. The molecule has 3 aromatic rings. The van der Waals surface area contributed by atoms with E-state index in [2.05, 4.69) is 9.97 Å². The Morgan fingerprint density at radius 2 is 1.80 bits per heavy atom. The molecule has 1 aromatic carbocycles. The van der Waals surface area contributed by atoms with Crippen LogP contribution in [0.3, 0.4) is 0 Å². The Morgan fingerprint density at radius 3 is 2.48 bits per heavy atom. The zero-order valence-electron chi connectivity index (χ0n) is 24.0. The SMILES string of the molecule is CC1CCCN(c2nc(C(F)(F)F)c(C(=O)Cc3ccc(N4CCCN(C(=O)C(O)c5ccc(F)c(F)c5)CC4)nc3)o2)C1. The Hall–Kier alpha value is -4.07. The van der Waals surface area contributed by atoms with E-state index in [1.807, 2.05) is 11.8 Å². The average Bonchev–Trinajstić information content (AvgIpc) is 3.32. The van der Waals surface area contributed by atoms with Crippen LogP contribution in [-0.4, -0.2) is 70.9 Å². The van der Waals surface area contributed by atoms with Crippen molar-refractivity contribution in [2.75, 3.05) is 49.1 Å². The van der Waals surface area contributed by atoms with Gasteiger partial charge in [-0.1, -0.05) is 19.1 Å². The summed E-state index contributed by atoms with van der Waals surface area (Å²) in [6.45, 7) is 4.40. The van der Waals surface area contributed by atoms with E-state index >= 15 is 0 Å². The van der Waals surface area contributed by atoms with Gasteiger partial charge in [0.1, 0.15) is 5.82 Å². The second-order valence-electron chi connectivity index (χ2n) is 11.2. The van der Waals surface area contributed by atoms with Crippen LogP contribution in [0.1, 0.15) is 59.7 Å². The lowest BCUT2D eigenvalue weighted by Gasteiger charge is -2.29. The topological polar surface area (TPSA) is 103 Å². The number of nitrogens with zero attached hydrogens (tertiary/aromatic N) is 5. The number of amides is 1. The third-order valence-corrected chi connectivity index (χ3v) is 7.86. The first kappa shape index (κ1) is 31.4. The molecule has 44 heavy (non-hydrogen) atoms. The number of rotatable bonds is 7. The molecule has 0 radical (unpaired) electrons. The fourth-order valence-corrected chi connectivity index (χ4v) is 5.53. The Morgan fingerprint density at radius 1 is 1.02 bits per heavy atom. The van der Waals surface area contributed by atoms with Crippen molar-refractivity contribution in [2.24, 2.45) is 5.92 Å². The number of pyridine rings is 1. The second kappa shape index (κ2) is 12.9. The molecule has 2 aromatic heterocycles.